The second-order valence-corrected chi connectivity index (χ2v) is 5.99. The third-order valence-corrected chi connectivity index (χ3v) is 3.91. The van der Waals surface area contributed by atoms with Crippen LogP contribution in [0.2, 0.25) is 0 Å². The summed E-state index contributed by atoms with van der Waals surface area (Å²) in [4.78, 5) is 0. The quantitative estimate of drug-likeness (QED) is 0.423. The first kappa shape index (κ1) is 15.8. The lowest BCUT2D eigenvalue weighted by Gasteiger charge is -2.16. The first-order valence-corrected chi connectivity index (χ1v) is 7.35. The monoisotopic (exact) mass is 334 g/mol. The molecule has 2 rings (SSSR count). The molecule has 2 nitrogen and oxygen atoms in total. The smallest absolute Gasteiger partial charge is 0.324 e. The van der Waals surface area contributed by atoms with Crippen molar-refractivity contribution in [1.82, 2.24) is 0 Å². The summed E-state index contributed by atoms with van der Waals surface area (Å²) in [7, 11) is 0. The molecule has 21 heavy (non-hydrogen) atoms. The number of hydrogen-bond acceptors (Lipinski definition) is 4. The summed E-state index contributed by atoms with van der Waals surface area (Å²) < 4.78 is 54.3. The Hall–Kier alpha value is -1.54. The molecule has 0 atom stereocenters. The number of halogens is 4. The molecule has 0 heterocycles. The molecular weight excluding hydrogens is 324 g/mol. The van der Waals surface area contributed by atoms with E-state index in [0.29, 0.717) is 11.4 Å². The molecule has 0 saturated carbocycles. The fourth-order valence-corrected chi connectivity index (χ4v) is 2.46. The molecule has 0 radical (unpaired) electrons. The van der Waals surface area contributed by atoms with Crippen molar-refractivity contribution in [2.75, 3.05) is 9.44 Å². The minimum Gasteiger partial charge on any atom is -0.324 e. The van der Waals surface area contributed by atoms with E-state index in [-0.39, 0.29) is 23.9 Å². The Morgan fingerprint density at radius 1 is 0.667 bits per heavy atom. The minimum absolute atomic E-state index is 0.181. The van der Waals surface area contributed by atoms with Crippen LogP contribution in [0.4, 0.5) is 28.9 Å². The van der Waals surface area contributed by atoms with Crippen LogP contribution in [-0.2, 0) is 0 Å². The lowest BCUT2D eigenvalue weighted by Crippen LogP contribution is -2.11. The van der Waals surface area contributed by atoms with E-state index in [1.54, 1.807) is 0 Å². The van der Waals surface area contributed by atoms with Crippen LogP contribution in [-0.4, -0.2) is 4.59 Å². The number of rotatable bonds is 6. The first-order valence-electron chi connectivity index (χ1n) is 5.72. The van der Waals surface area contributed by atoms with Crippen LogP contribution < -0.4 is 9.44 Å². The summed E-state index contributed by atoms with van der Waals surface area (Å²) in [6.07, 6.45) is 0. The third-order valence-electron chi connectivity index (χ3n) is 2.26. The predicted molar refractivity (Wildman–Crippen MR) is 80.2 cm³/mol. The standard InChI is InChI=1S/C13H10F4N2S2/c14-9-1-5-11(6-2-9)18-20-13(16,17)21-19-12-7-3-10(15)4-8-12/h1-8,18-19H. The maximum absolute atomic E-state index is 13.6. The van der Waals surface area contributed by atoms with Gasteiger partial charge in [-0.15, -0.1) is 0 Å². The van der Waals surface area contributed by atoms with Crippen LogP contribution in [0.5, 0.6) is 0 Å². The van der Waals surface area contributed by atoms with Gasteiger partial charge in [-0.1, -0.05) is 0 Å². The maximum Gasteiger partial charge on any atom is 0.378 e. The van der Waals surface area contributed by atoms with Crippen LogP contribution >= 0.6 is 23.9 Å². The van der Waals surface area contributed by atoms with E-state index in [0.717, 1.165) is 0 Å². The highest BCUT2D eigenvalue weighted by molar-refractivity contribution is 8.18. The van der Waals surface area contributed by atoms with Crippen molar-refractivity contribution in [2.24, 2.45) is 0 Å². The van der Waals surface area contributed by atoms with Gasteiger partial charge in [-0.05, 0) is 48.5 Å². The minimum atomic E-state index is -3.18. The van der Waals surface area contributed by atoms with E-state index in [1.807, 2.05) is 0 Å². The number of nitrogens with one attached hydrogen (secondary N) is 2. The van der Waals surface area contributed by atoms with Crippen molar-refractivity contribution in [1.29, 1.82) is 0 Å². The van der Waals surface area contributed by atoms with Crippen molar-refractivity contribution in [3.05, 3.63) is 60.2 Å². The fourth-order valence-electron chi connectivity index (χ4n) is 1.29. The van der Waals surface area contributed by atoms with E-state index < -0.39 is 16.2 Å². The zero-order valence-electron chi connectivity index (χ0n) is 10.4. The largest absolute Gasteiger partial charge is 0.378 e. The fraction of sp³-hybridized carbons (Fsp3) is 0.0769. The molecule has 0 fully saturated rings. The van der Waals surface area contributed by atoms with Gasteiger partial charge in [0.2, 0.25) is 0 Å². The summed E-state index contributed by atoms with van der Waals surface area (Å²) in [5, 5.41) is 0. The van der Waals surface area contributed by atoms with Gasteiger partial charge in [-0.25, -0.2) is 8.78 Å². The molecule has 0 aromatic heterocycles. The van der Waals surface area contributed by atoms with Gasteiger partial charge in [0, 0.05) is 35.3 Å². The van der Waals surface area contributed by atoms with Gasteiger partial charge in [0.1, 0.15) is 11.6 Å². The third kappa shape index (κ3) is 5.39. The van der Waals surface area contributed by atoms with Gasteiger partial charge >= 0.3 is 4.59 Å². The molecule has 112 valence electrons. The molecule has 0 aliphatic rings. The van der Waals surface area contributed by atoms with E-state index in [9.17, 15) is 17.6 Å². The van der Waals surface area contributed by atoms with Gasteiger partial charge in [0.15, 0.2) is 0 Å². The average Bonchev–Trinajstić information content (AvgIpc) is 2.46. The molecule has 0 aliphatic carbocycles. The Kier molecular flexibility index (Phi) is 5.24. The zero-order chi connectivity index (χ0) is 15.3. The summed E-state index contributed by atoms with van der Waals surface area (Å²) in [6, 6.07) is 10.1. The van der Waals surface area contributed by atoms with Gasteiger partial charge < -0.3 is 9.44 Å². The van der Waals surface area contributed by atoms with Crippen LogP contribution in [0.15, 0.2) is 48.5 Å². The van der Waals surface area contributed by atoms with Gasteiger partial charge in [0.05, 0.1) is 0 Å². The van der Waals surface area contributed by atoms with Gasteiger partial charge in [-0.2, -0.15) is 8.78 Å². The summed E-state index contributed by atoms with van der Waals surface area (Å²) in [6.45, 7) is 0. The number of alkyl halides is 2. The van der Waals surface area contributed by atoms with Crippen LogP contribution in [0.1, 0.15) is 0 Å². The highest BCUT2D eigenvalue weighted by atomic mass is 32.2. The Labute approximate surface area is 127 Å². The molecular formula is C13H10F4N2S2. The molecule has 0 spiro atoms. The van der Waals surface area contributed by atoms with Crippen LogP contribution in [0.25, 0.3) is 0 Å². The SMILES string of the molecule is Fc1ccc(NSC(F)(F)SNc2ccc(F)cc2)cc1. The molecule has 0 unspecified atom stereocenters. The van der Waals surface area contributed by atoms with E-state index in [4.69, 9.17) is 0 Å². The Morgan fingerprint density at radius 2 is 1.00 bits per heavy atom. The Bertz CT molecular complexity index is 524. The highest BCUT2D eigenvalue weighted by Crippen LogP contribution is 2.40. The Balaban J connectivity index is 1.83. The lowest BCUT2D eigenvalue weighted by molar-refractivity contribution is 0.213. The molecule has 0 amide bonds. The first-order chi connectivity index (χ1) is 9.94. The molecule has 2 aromatic carbocycles. The van der Waals surface area contributed by atoms with Crippen LogP contribution in [0, 0.1) is 11.6 Å². The van der Waals surface area contributed by atoms with Crippen molar-refractivity contribution in [3.63, 3.8) is 0 Å². The van der Waals surface area contributed by atoms with E-state index in [2.05, 4.69) is 9.44 Å². The second kappa shape index (κ2) is 6.95. The Morgan fingerprint density at radius 3 is 1.33 bits per heavy atom. The van der Waals surface area contributed by atoms with Gasteiger partial charge in [-0.3, -0.25) is 0 Å². The zero-order valence-corrected chi connectivity index (χ0v) is 12.1. The topological polar surface area (TPSA) is 24.1 Å². The molecule has 0 aliphatic heterocycles. The van der Waals surface area contributed by atoms with Crippen molar-refractivity contribution >= 4 is 35.3 Å². The molecule has 2 N–H and O–H groups in total. The van der Waals surface area contributed by atoms with E-state index >= 15 is 0 Å². The number of hydrogen-bond donors (Lipinski definition) is 2. The summed E-state index contributed by atoms with van der Waals surface area (Å²) in [5.41, 5.74) is 0.729. The van der Waals surface area contributed by atoms with Crippen molar-refractivity contribution < 1.29 is 17.6 Å². The van der Waals surface area contributed by atoms with Crippen LogP contribution in [0.3, 0.4) is 0 Å². The normalized spacial score (nSPS) is 11.2. The summed E-state index contributed by atoms with van der Waals surface area (Å²) >= 11 is 0.361. The molecule has 2 aromatic rings. The van der Waals surface area contributed by atoms with E-state index in [1.165, 1.54) is 48.5 Å². The van der Waals surface area contributed by atoms with Crippen molar-refractivity contribution in [3.8, 4) is 0 Å². The highest BCUT2D eigenvalue weighted by Gasteiger charge is 2.32. The maximum atomic E-state index is 13.6. The second-order valence-electron chi connectivity index (χ2n) is 3.89. The summed E-state index contributed by atoms with van der Waals surface area (Å²) in [5.74, 6) is -0.880. The molecule has 0 bridgehead atoms. The predicted octanol–water partition coefficient (Wildman–Crippen LogP) is 5.34. The number of anilines is 2. The van der Waals surface area contributed by atoms with Crippen molar-refractivity contribution in [2.45, 2.75) is 4.59 Å². The molecule has 0 saturated heterocycles. The lowest BCUT2D eigenvalue weighted by atomic mass is 10.3. The number of benzene rings is 2. The molecule has 8 heteroatoms. The average molecular weight is 334 g/mol. The van der Waals surface area contributed by atoms with Gasteiger partial charge in [0.25, 0.3) is 0 Å².